The van der Waals surface area contributed by atoms with Crippen LogP contribution >= 0.6 is 35.3 Å². The lowest BCUT2D eigenvalue weighted by Gasteiger charge is -2.25. The SMILES string of the molecule is CCNC(=NCCc1cccs1)NC1CCc2nc(COC)nn2C1.I. The quantitative estimate of drug-likeness (QED) is 0.354. The maximum atomic E-state index is 5.12. The molecule has 0 aromatic carbocycles. The summed E-state index contributed by atoms with van der Waals surface area (Å²) in [6, 6.07) is 4.55. The van der Waals surface area contributed by atoms with E-state index >= 15 is 0 Å². The van der Waals surface area contributed by atoms with Crippen LogP contribution in [0.1, 0.15) is 29.9 Å². The van der Waals surface area contributed by atoms with E-state index in [2.05, 4.69) is 45.2 Å². The number of thiophene rings is 1. The lowest BCUT2D eigenvalue weighted by atomic mass is 10.1. The van der Waals surface area contributed by atoms with Crippen molar-refractivity contribution in [2.45, 2.75) is 45.4 Å². The zero-order valence-electron chi connectivity index (χ0n) is 15.3. The number of hydrogen-bond donors (Lipinski definition) is 2. The van der Waals surface area contributed by atoms with E-state index < -0.39 is 0 Å². The first-order chi connectivity index (χ1) is 12.3. The monoisotopic (exact) mass is 490 g/mol. The van der Waals surface area contributed by atoms with Gasteiger partial charge >= 0.3 is 0 Å². The summed E-state index contributed by atoms with van der Waals surface area (Å²) >= 11 is 1.78. The maximum absolute atomic E-state index is 5.12. The van der Waals surface area contributed by atoms with Gasteiger partial charge in [0.1, 0.15) is 12.4 Å². The summed E-state index contributed by atoms with van der Waals surface area (Å²) < 4.78 is 7.11. The van der Waals surface area contributed by atoms with E-state index in [4.69, 9.17) is 9.73 Å². The first-order valence-electron chi connectivity index (χ1n) is 8.77. The number of aryl methyl sites for hydroxylation is 1. The van der Waals surface area contributed by atoms with E-state index in [0.29, 0.717) is 12.6 Å². The lowest BCUT2D eigenvalue weighted by Crippen LogP contribution is -2.47. The van der Waals surface area contributed by atoms with Crippen molar-refractivity contribution in [2.75, 3.05) is 20.2 Å². The summed E-state index contributed by atoms with van der Waals surface area (Å²) in [5.41, 5.74) is 0. The minimum absolute atomic E-state index is 0. The molecule has 2 aromatic heterocycles. The highest BCUT2D eigenvalue weighted by Gasteiger charge is 2.22. The van der Waals surface area contributed by atoms with E-state index in [1.165, 1.54) is 4.88 Å². The van der Waals surface area contributed by atoms with Crippen LogP contribution in [0.4, 0.5) is 0 Å². The second-order valence-electron chi connectivity index (χ2n) is 6.03. The Morgan fingerprint density at radius 2 is 2.38 bits per heavy atom. The van der Waals surface area contributed by atoms with Gasteiger partial charge in [-0.15, -0.1) is 35.3 Å². The van der Waals surface area contributed by atoms with Gasteiger partial charge in [0, 0.05) is 44.0 Å². The van der Waals surface area contributed by atoms with Crippen molar-refractivity contribution in [1.29, 1.82) is 0 Å². The van der Waals surface area contributed by atoms with Gasteiger partial charge in [-0.2, -0.15) is 5.10 Å². The van der Waals surface area contributed by atoms with Crippen molar-refractivity contribution in [3.63, 3.8) is 0 Å². The molecule has 0 radical (unpaired) electrons. The average molecular weight is 490 g/mol. The smallest absolute Gasteiger partial charge is 0.191 e. The molecule has 3 rings (SSSR count). The van der Waals surface area contributed by atoms with Gasteiger partial charge in [-0.05, 0) is 24.8 Å². The van der Waals surface area contributed by atoms with Crippen molar-refractivity contribution < 1.29 is 4.74 Å². The van der Waals surface area contributed by atoms with E-state index in [1.807, 2.05) is 4.68 Å². The maximum Gasteiger partial charge on any atom is 0.191 e. The molecule has 0 aliphatic carbocycles. The third kappa shape index (κ3) is 5.92. The van der Waals surface area contributed by atoms with Gasteiger partial charge in [-0.1, -0.05) is 6.07 Å². The molecule has 2 N–H and O–H groups in total. The minimum atomic E-state index is 0. The minimum Gasteiger partial charge on any atom is -0.377 e. The van der Waals surface area contributed by atoms with Gasteiger partial charge < -0.3 is 15.4 Å². The zero-order valence-corrected chi connectivity index (χ0v) is 18.4. The van der Waals surface area contributed by atoms with Crippen molar-refractivity contribution in [3.8, 4) is 0 Å². The Bertz CT molecular complexity index is 687. The molecule has 0 spiro atoms. The number of nitrogens with zero attached hydrogens (tertiary/aromatic N) is 4. The number of nitrogens with one attached hydrogen (secondary N) is 2. The fraction of sp³-hybridized carbons (Fsp3) is 0.588. The molecule has 0 bridgehead atoms. The Kier molecular flexibility index (Phi) is 8.79. The van der Waals surface area contributed by atoms with Crippen molar-refractivity contribution in [3.05, 3.63) is 34.0 Å². The number of ether oxygens (including phenoxy) is 1. The summed E-state index contributed by atoms with van der Waals surface area (Å²) in [7, 11) is 1.67. The first-order valence-corrected chi connectivity index (χ1v) is 9.65. The topological polar surface area (TPSA) is 76.4 Å². The van der Waals surface area contributed by atoms with Crippen LogP contribution in [0.2, 0.25) is 0 Å². The summed E-state index contributed by atoms with van der Waals surface area (Å²) in [5.74, 6) is 2.68. The summed E-state index contributed by atoms with van der Waals surface area (Å²) in [6.07, 6.45) is 2.93. The zero-order chi connectivity index (χ0) is 17.5. The number of methoxy groups -OCH3 is 1. The molecular formula is C17H27IN6OS. The van der Waals surface area contributed by atoms with Crippen LogP contribution in [-0.4, -0.2) is 47.0 Å². The molecule has 2 aromatic rings. The van der Waals surface area contributed by atoms with Gasteiger partial charge in [-0.3, -0.25) is 4.99 Å². The van der Waals surface area contributed by atoms with Crippen LogP contribution in [0, 0.1) is 0 Å². The van der Waals surface area contributed by atoms with E-state index in [-0.39, 0.29) is 24.0 Å². The highest BCUT2D eigenvalue weighted by molar-refractivity contribution is 14.0. The average Bonchev–Trinajstić information content (AvgIpc) is 3.24. The van der Waals surface area contributed by atoms with Gasteiger partial charge in [0.25, 0.3) is 0 Å². The van der Waals surface area contributed by atoms with Gasteiger partial charge in [0.05, 0.1) is 6.54 Å². The molecule has 0 saturated heterocycles. The Balaban J connectivity index is 0.00000243. The second-order valence-corrected chi connectivity index (χ2v) is 7.06. The van der Waals surface area contributed by atoms with Crippen LogP contribution in [0.3, 0.4) is 0 Å². The molecule has 1 aliphatic heterocycles. The van der Waals surface area contributed by atoms with Crippen molar-refractivity contribution >= 4 is 41.3 Å². The molecule has 1 unspecified atom stereocenters. The van der Waals surface area contributed by atoms with Crippen LogP contribution < -0.4 is 10.6 Å². The third-order valence-electron chi connectivity index (χ3n) is 4.07. The first kappa shape index (κ1) is 21.1. The highest BCUT2D eigenvalue weighted by Crippen LogP contribution is 2.13. The molecule has 9 heteroatoms. The fourth-order valence-electron chi connectivity index (χ4n) is 2.91. The van der Waals surface area contributed by atoms with Crippen LogP contribution in [0.5, 0.6) is 0 Å². The van der Waals surface area contributed by atoms with Crippen LogP contribution in [0.15, 0.2) is 22.5 Å². The molecule has 26 heavy (non-hydrogen) atoms. The molecule has 0 fully saturated rings. The van der Waals surface area contributed by atoms with Crippen LogP contribution in [-0.2, 0) is 30.7 Å². The Labute approximate surface area is 175 Å². The van der Waals surface area contributed by atoms with Gasteiger partial charge in [0.2, 0.25) is 0 Å². The van der Waals surface area contributed by atoms with E-state index in [1.54, 1.807) is 18.4 Å². The number of hydrogen-bond acceptors (Lipinski definition) is 5. The summed E-state index contributed by atoms with van der Waals surface area (Å²) in [5, 5.41) is 13.5. The van der Waals surface area contributed by atoms with E-state index in [9.17, 15) is 0 Å². The molecule has 0 saturated carbocycles. The largest absolute Gasteiger partial charge is 0.377 e. The van der Waals surface area contributed by atoms with Gasteiger partial charge in [-0.25, -0.2) is 9.67 Å². The number of halogens is 1. The molecule has 1 aliphatic rings. The lowest BCUT2D eigenvalue weighted by molar-refractivity contribution is 0.177. The normalized spacial score (nSPS) is 16.7. The molecule has 3 heterocycles. The molecule has 1 atom stereocenters. The Morgan fingerprint density at radius 1 is 1.50 bits per heavy atom. The number of fused-ring (bicyclic) bond motifs is 1. The Morgan fingerprint density at radius 3 is 3.12 bits per heavy atom. The molecule has 144 valence electrons. The predicted octanol–water partition coefficient (Wildman–Crippen LogP) is 2.22. The number of guanidine groups is 1. The summed E-state index contributed by atoms with van der Waals surface area (Å²) in [4.78, 5) is 10.6. The van der Waals surface area contributed by atoms with Gasteiger partial charge in [0.15, 0.2) is 11.8 Å². The number of rotatable bonds is 7. The number of aromatic nitrogens is 3. The Hall–Kier alpha value is -1.20. The fourth-order valence-corrected chi connectivity index (χ4v) is 3.61. The van der Waals surface area contributed by atoms with Crippen LogP contribution in [0.25, 0.3) is 0 Å². The van der Waals surface area contributed by atoms with E-state index in [0.717, 1.165) is 56.5 Å². The third-order valence-corrected chi connectivity index (χ3v) is 5.00. The van der Waals surface area contributed by atoms with Crippen molar-refractivity contribution in [2.24, 2.45) is 4.99 Å². The van der Waals surface area contributed by atoms with Crippen molar-refractivity contribution in [1.82, 2.24) is 25.4 Å². The molecule has 0 amide bonds. The highest BCUT2D eigenvalue weighted by atomic mass is 127. The standard InChI is InChI=1S/C17H26N6OS.HI/c1-3-18-17(19-9-8-14-5-4-10-25-14)20-13-6-7-16-21-15(12-24-2)22-23(16)11-13;/h4-5,10,13H,3,6-9,11-12H2,1-2H3,(H2,18,19,20);1H. The summed E-state index contributed by atoms with van der Waals surface area (Å²) in [6.45, 7) is 5.00. The second kappa shape index (κ2) is 10.8. The molecular weight excluding hydrogens is 463 g/mol. The number of aliphatic imine (C=N–C) groups is 1. The molecule has 7 nitrogen and oxygen atoms in total. The predicted molar refractivity (Wildman–Crippen MR) is 115 cm³/mol.